The van der Waals surface area contributed by atoms with Crippen molar-refractivity contribution in [1.82, 2.24) is 10.1 Å². The van der Waals surface area contributed by atoms with Gasteiger partial charge in [0, 0.05) is 51.4 Å². The number of nitrogens with zero attached hydrogens (tertiary/aromatic N) is 2. The zero-order valence-corrected chi connectivity index (χ0v) is 6.58. The standard InChI is InChI=1S/C2H2N2O.K/c1-3-2-5-4-1;/h1-2H;. The van der Waals surface area contributed by atoms with Crippen LogP contribution < -0.4 is 0 Å². The Morgan fingerprint density at radius 2 is 2.33 bits per heavy atom. The molecular weight excluding hydrogens is 107 g/mol. The second-order valence-corrected chi connectivity index (χ2v) is 0.581. The van der Waals surface area contributed by atoms with E-state index < -0.39 is 0 Å². The number of hydrogen-bond donors (Lipinski definition) is 0. The fourth-order valence-corrected chi connectivity index (χ4v) is 0.136. The van der Waals surface area contributed by atoms with Crippen LogP contribution in [0.15, 0.2) is 17.2 Å². The first kappa shape index (κ1) is 6.78. The van der Waals surface area contributed by atoms with Crippen LogP contribution >= 0.6 is 0 Å². The average Bonchev–Trinajstić information content (AvgIpc) is 1.76. The van der Waals surface area contributed by atoms with Crippen molar-refractivity contribution in [3.05, 3.63) is 12.7 Å². The van der Waals surface area contributed by atoms with Crippen molar-refractivity contribution in [1.29, 1.82) is 0 Å². The Morgan fingerprint density at radius 1 is 1.50 bits per heavy atom. The molecule has 0 aromatic carbocycles. The van der Waals surface area contributed by atoms with Gasteiger partial charge in [-0.3, -0.25) is 0 Å². The summed E-state index contributed by atoms with van der Waals surface area (Å²) in [4.78, 5) is 3.44. The normalized spacial score (nSPS) is 6.67. The number of hydrogen-bond acceptors (Lipinski definition) is 3. The van der Waals surface area contributed by atoms with Crippen LogP contribution in [0.5, 0.6) is 0 Å². The molecule has 6 heavy (non-hydrogen) atoms. The second kappa shape index (κ2) is 3.95. The van der Waals surface area contributed by atoms with Gasteiger partial charge in [-0.2, -0.15) is 0 Å². The van der Waals surface area contributed by atoms with E-state index >= 15 is 0 Å². The predicted octanol–water partition coefficient (Wildman–Crippen LogP) is -0.311. The van der Waals surface area contributed by atoms with Gasteiger partial charge in [0.1, 0.15) is 0 Å². The zero-order valence-electron chi connectivity index (χ0n) is 3.46. The van der Waals surface area contributed by atoms with E-state index in [1.165, 1.54) is 12.7 Å². The molecular formula is C2H2KN2O. The van der Waals surface area contributed by atoms with Crippen LogP contribution in [-0.2, 0) is 0 Å². The monoisotopic (exact) mass is 109 g/mol. The van der Waals surface area contributed by atoms with Crippen LogP contribution in [0.3, 0.4) is 0 Å². The minimum atomic E-state index is 0. The summed E-state index contributed by atoms with van der Waals surface area (Å²) in [5.74, 6) is 0. The Bertz CT molecular complexity index is 68.0. The minimum absolute atomic E-state index is 0. The van der Waals surface area contributed by atoms with Crippen LogP contribution in [0, 0.1) is 0 Å². The molecule has 0 saturated carbocycles. The van der Waals surface area contributed by atoms with Crippen molar-refractivity contribution in [3.8, 4) is 0 Å². The Morgan fingerprint density at radius 3 is 2.50 bits per heavy atom. The topological polar surface area (TPSA) is 38.9 Å². The van der Waals surface area contributed by atoms with Crippen molar-refractivity contribution in [2.24, 2.45) is 0 Å². The largest absolute Gasteiger partial charge is 0.343 e. The molecule has 0 aliphatic carbocycles. The van der Waals surface area contributed by atoms with Gasteiger partial charge in [-0.1, -0.05) is 5.16 Å². The van der Waals surface area contributed by atoms with E-state index in [2.05, 4.69) is 14.7 Å². The Kier molecular flexibility index (Phi) is 4.46. The van der Waals surface area contributed by atoms with Crippen LogP contribution in [-0.4, -0.2) is 61.5 Å². The van der Waals surface area contributed by atoms with Crippen LogP contribution in [0.1, 0.15) is 0 Å². The van der Waals surface area contributed by atoms with E-state index in [-0.39, 0.29) is 51.4 Å². The molecule has 0 aliphatic rings. The third kappa shape index (κ3) is 2.04. The van der Waals surface area contributed by atoms with Crippen molar-refractivity contribution in [2.75, 3.05) is 0 Å². The first-order chi connectivity index (χ1) is 2.50. The summed E-state index contributed by atoms with van der Waals surface area (Å²) < 4.78 is 4.22. The van der Waals surface area contributed by atoms with Crippen LogP contribution in [0.4, 0.5) is 0 Å². The molecule has 4 heteroatoms. The van der Waals surface area contributed by atoms with E-state index in [0.29, 0.717) is 0 Å². The molecule has 0 fully saturated rings. The van der Waals surface area contributed by atoms with Gasteiger partial charge < -0.3 is 4.52 Å². The minimum Gasteiger partial charge on any atom is -0.343 e. The van der Waals surface area contributed by atoms with Gasteiger partial charge >= 0.3 is 0 Å². The van der Waals surface area contributed by atoms with Gasteiger partial charge in [0.25, 0.3) is 0 Å². The fraction of sp³-hybridized carbons (Fsp3) is 0. The number of rotatable bonds is 0. The summed E-state index contributed by atoms with van der Waals surface area (Å²) in [5.41, 5.74) is 0. The Balaban J connectivity index is 0.000000250. The van der Waals surface area contributed by atoms with E-state index in [1.54, 1.807) is 0 Å². The average molecular weight is 109 g/mol. The first-order valence-corrected chi connectivity index (χ1v) is 1.19. The molecule has 0 aliphatic heterocycles. The molecule has 0 atom stereocenters. The van der Waals surface area contributed by atoms with Gasteiger partial charge in [-0.25, -0.2) is 4.98 Å². The summed E-state index contributed by atoms with van der Waals surface area (Å²) >= 11 is 0. The van der Waals surface area contributed by atoms with Crippen LogP contribution in [0.25, 0.3) is 0 Å². The molecule has 1 radical (unpaired) electrons. The number of aromatic nitrogens is 2. The van der Waals surface area contributed by atoms with E-state index in [9.17, 15) is 0 Å². The maximum absolute atomic E-state index is 4.22. The zero-order chi connectivity index (χ0) is 3.54. The maximum Gasteiger partial charge on any atom is 0.213 e. The molecule has 0 saturated heterocycles. The van der Waals surface area contributed by atoms with Gasteiger partial charge in [0.05, 0.1) is 0 Å². The summed E-state index contributed by atoms with van der Waals surface area (Å²) in [6.07, 6.45) is 2.60. The molecule has 0 unspecified atom stereocenters. The van der Waals surface area contributed by atoms with Crippen molar-refractivity contribution >= 4 is 51.4 Å². The maximum atomic E-state index is 4.22. The van der Waals surface area contributed by atoms with E-state index in [1.807, 2.05) is 0 Å². The second-order valence-electron chi connectivity index (χ2n) is 0.581. The Labute approximate surface area is 77.5 Å². The fourth-order valence-electron chi connectivity index (χ4n) is 0.136. The third-order valence-electron chi connectivity index (χ3n) is 0.283. The van der Waals surface area contributed by atoms with Gasteiger partial charge in [-0.05, 0) is 0 Å². The van der Waals surface area contributed by atoms with Crippen LogP contribution in [0.2, 0.25) is 0 Å². The van der Waals surface area contributed by atoms with Gasteiger partial charge in [0.2, 0.25) is 6.39 Å². The smallest absolute Gasteiger partial charge is 0.213 e. The summed E-state index contributed by atoms with van der Waals surface area (Å²) in [6.45, 7) is 0. The van der Waals surface area contributed by atoms with E-state index in [4.69, 9.17) is 0 Å². The van der Waals surface area contributed by atoms with Crippen molar-refractivity contribution in [2.45, 2.75) is 0 Å². The summed E-state index contributed by atoms with van der Waals surface area (Å²) in [6, 6.07) is 0. The van der Waals surface area contributed by atoms with Crippen molar-refractivity contribution in [3.63, 3.8) is 0 Å². The summed E-state index contributed by atoms with van der Waals surface area (Å²) in [7, 11) is 0. The molecule has 0 spiro atoms. The Hall–Kier alpha value is 0.776. The SMILES string of the molecule is [K].c1ncon1. The quantitative estimate of drug-likeness (QED) is 0.429. The van der Waals surface area contributed by atoms with Gasteiger partial charge in [0.15, 0.2) is 6.33 Å². The molecule has 1 aromatic rings. The van der Waals surface area contributed by atoms with E-state index in [0.717, 1.165) is 0 Å². The molecule has 0 bridgehead atoms. The predicted molar refractivity (Wildman–Crippen MR) is 20.1 cm³/mol. The molecule has 1 heterocycles. The third-order valence-corrected chi connectivity index (χ3v) is 0.283. The molecule has 0 amide bonds. The molecule has 3 nitrogen and oxygen atoms in total. The molecule has 0 N–H and O–H groups in total. The molecule has 1 rings (SSSR count). The first-order valence-electron chi connectivity index (χ1n) is 1.19. The van der Waals surface area contributed by atoms with Gasteiger partial charge in [-0.15, -0.1) is 0 Å². The van der Waals surface area contributed by atoms with Crippen molar-refractivity contribution < 1.29 is 4.52 Å². The molecule has 27 valence electrons. The summed E-state index contributed by atoms with van der Waals surface area (Å²) in [5, 5.41) is 3.24. The molecule has 1 aromatic heterocycles.